The van der Waals surface area contributed by atoms with Gasteiger partial charge in [-0.1, -0.05) is 6.42 Å². The van der Waals surface area contributed by atoms with Crippen molar-refractivity contribution in [1.29, 1.82) is 0 Å². The average molecular weight is 228 g/mol. The molecule has 1 rings (SSSR count). The summed E-state index contributed by atoms with van der Waals surface area (Å²) in [4.78, 5) is 22.4. The Bertz CT molecular complexity index is 262. The Labute approximate surface area is 95.6 Å². The molecule has 0 bridgehead atoms. The molecule has 0 saturated heterocycles. The monoisotopic (exact) mass is 228 g/mol. The van der Waals surface area contributed by atoms with Crippen LogP contribution < -0.4 is 10.6 Å². The summed E-state index contributed by atoms with van der Waals surface area (Å²) in [5, 5.41) is 14.7. The summed E-state index contributed by atoms with van der Waals surface area (Å²) in [6, 6.07) is 0. The van der Waals surface area contributed by atoms with Gasteiger partial charge in [0.15, 0.2) is 0 Å². The van der Waals surface area contributed by atoms with Crippen LogP contribution in [0.2, 0.25) is 0 Å². The lowest BCUT2D eigenvalue weighted by Gasteiger charge is -2.37. The van der Waals surface area contributed by atoms with E-state index in [-0.39, 0.29) is 12.5 Å². The molecule has 0 aliphatic heterocycles. The maximum atomic E-state index is 11.4. The molecule has 1 fully saturated rings. The Morgan fingerprint density at radius 1 is 1.38 bits per heavy atom. The fourth-order valence-corrected chi connectivity index (χ4v) is 1.85. The van der Waals surface area contributed by atoms with Crippen molar-refractivity contribution < 1.29 is 14.7 Å². The van der Waals surface area contributed by atoms with Gasteiger partial charge in [-0.15, -0.1) is 0 Å². The minimum absolute atomic E-state index is 0.0530. The molecule has 0 aromatic rings. The first-order valence-electron chi connectivity index (χ1n) is 5.75. The third kappa shape index (κ3) is 3.20. The number of carbonyl (C=O) groups is 2. The highest BCUT2D eigenvalue weighted by molar-refractivity contribution is 5.79. The van der Waals surface area contributed by atoms with Crippen LogP contribution in [0, 0.1) is 5.41 Å². The summed E-state index contributed by atoms with van der Waals surface area (Å²) in [5.74, 6) is -0.836. The van der Waals surface area contributed by atoms with Gasteiger partial charge in [-0.25, -0.2) is 0 Å². The lowest BCUT2D eigenvalue weighted by atomic mass is 9.69. The molecule has 1 aliphatic rings. The van der Waals surface area contributed by atoms with Gasteiger partial charge in [-0.2, -0.15) is 0 Å². The van der Waals surface area contributed by atoms with Gasteiger partial charge in [0, 0.05) is 13.0 Å². The van der Waals surface area contributed by atoms with E-state index in [2.05, 4.69) is 10.6 Å². The molecule has 0 unspecified atom stereocenters. The number of aliphatic carboxylic acids is 1. The van der Waals surface area contributed by atoms with Gasteiger partial charge < -0.3 is 15.7 Å². The average Bonchev–Trinajstić information content (AvgIpc) is 2.16. The molecule has 5 heteroatoms. The minimum atomic E-state index is -0.783. The maximum absolute atomic E-state index is 11.4. The Hall–Kier alpha value is -1.10. The highest BCUT2D eigenvalue weighted by Crippen LogP contribution is 2.40. The quantitative estimate of drug-likeness (QED) is 0.550. The van der Waals surface area contributed by atoms with Crippen LogP contribution in [0.25, 0.3) is 0 Å². The number of amides is 1. The highest BCUT2D eigenvalue weighted by Gasteiger charge is 2.44. The standard InChI is InChI=1S/C11H20N2O3/c1-12-7-2-4-9(14)13-8-11(10(15)16)5-3-6-11/h12H,2-8H2,1H3,(H,13,14)(H,15,16). The molecular weight excluding hydrogens is 208 g/mol. The van der Waals surface area contributed by atoms with Gasteiger partial charge in [-0.05, 0) is 32.9 Å². The maximum Gasteiger partial charge on any atom is 0.311 e. The zero-order valence-corrected chi connectivity index (χ0v) is 9.71. The highest BCUT2D eigenvalue weighted by atomic mass is 16.4. The van der Waals surface area contributed by atoms with Gasteiger partial charge >= 0.3 is 5.97 Å². The fourth-order valence-electron chi connectivity index (χ4n) is 1.85. The third-order valence-electron chi connectivity index (χ3n) is 3.22. The van der Waals surface area contributed by atoms with Crippen LogP contribution in [0.1, 0.15) is 32.1 Å². The van der Waals surface area contributed by atoms with Crippen LogP contribution in [0.3, 0.4) is 0 Å². The summed E-state index contributed by atoms with van der Waals surface area (Å²) in [6.45, 7) is 1.08. The summed E-state index contributed by atoms with van der Waals surface area (Å²) in [7, 11) is 1.84. The van der Waals surface area contributed by atoms with E-state index in [0.717, 1.165) is 19.4 Å². The first-order chi connectivity index (χ1) is 7.60. The molecule has 16 heavy (non-hydrogen) atoms. The molecule has 0 aromatic carbocycles. The molecule has 92 valence electrons. The summed E-state index contributed by atoms with van der Waals surface area (Å²) < 4.78 is 0. The van der Waals surface area contributed by atoms with E-state index in [9.17, 15) is 9.59 Å². The van der Waals surface area contributed by atoms with Crippen LogP contribution in [0.5, 0.6) is 0 Å². The molecule has 0 radical (unpaired) electrons. The van der Waals surface area contributed by atoms with Crippen molar-refractivity contribution in [2.75, 3.05) is 20.1 Å². The van der Waals surface area contributed by atoms with Crippen molar-refractivity contribution in [3.05, 3.63) is 0 Å². The Balaban J connectivity index is 2.22. The fraction of sp³-hybridized carbons (Fsp3) is 0.818. The van der Waals surface area contributed by atoms with Crippen molar-refractivity contribution in [1.82, 2.24) is 10.6 Å². The molecule has 1 saturated carbocycles. The van der Waals surface area contributed by atoms with Crippen LogP contribution in [-0.4, -0.2) is 37.1 Å². The van der Waals surface area contributed by atoms with E-state index in [0.29, 0.717) is 19.3 Å². The summed E-state index contributed by atoms with van der Waals surface area (Å²) in [5.41, 5.74) is -0.682. The molecular formula is C11H20N2O3. The van der Waals surface area contributed by atoms with Crippen LogP contribution in [0.15, 0.2) is 0 Å². The van der Waals surface area contributed by atoms with Crippen molar-refractivity contribution in [3.8, 4) is 0 Å². The van der Waals surface area contributed by atoms with Crippen molar-refractivity contribution in [2.45, 2.75) is 32.1 Å². The van der Waals surface area contributed by atoms with Gasteiger partial charge in [0.05, 0.1) is 5.41 Å². The first kappa shape index (κ1) is 13.0. The summed E-state index contributed by atoms with van der Waals surface area (Å²) >= 11 is 0. The zero-order valence-electron chi connectivity index (χ0n) is 9.71. The number of hydrogen-bond donors (Lipinski definition) is 3. The lowest BCUT2D eigenvalue weighted by Crippen LogP contribution is -2.47. The molecule has 1 amide bonds. The SMILES string of the molecule is CNCCCC(=O)NCC1(C(=O)O)CCC1. The van der Waals surface area contributed by atoms with Crippen molar-refractivity contribution in [2.24, 2.45) is 5.41 Å². The molecule has 0 aromatic heterocycles. The van der Waals surface area contributed by atoms with Gasteiger partial charge in [0.25, 0.3) is 0 Å². The molecule has 5 nitrogen and oxygen atoms in total. The largest absolute Gasteiger partial charge is 0.481 e. The Kier molecular flexibility index (Phi) is 4.73. The number of nitrogens with one attached hydrogen (secondary N) is 2. The van der Waals surface area contributed by atoms with E-state index < -0.39 is 11.4 Å². The van der Waals surface area contributed by atoms with E-state index >= 15 is 0 Å². The van der Waals surface area contributed by atoms with Crippen LogP contribution >= 0.6 is 0 Å². The number of rotatable bonds is 7. The second kappa shape index (κ2) is 5.84. The molecule has 1 aliphatic carbocycles. The smallest absolute Gasteiger partial charge is 0.311 e. The normalized spacial score (nSPS) is 17.6. The number of carboxylic acid groups (broad SMARTS) is 1. The predicted octanol–water partition coefficient (Wildman–Crippen LogP) is 0.357. The first-order valence-corrected chi connectivity index (χ1v) is 5.75. The second-order valence-corrected chi connectivity index (χ2v) is 4.42. The zero-order chi connectivity index (χ0) is 12.0. The molecule has 3 N–H and O–H groups in total. The van der Waals surface area contributed by atoms with E-state index in [1.54, 1.807) is 0 Å². The third-order valence-corrected chi connectivity index (χ3v) is 3.22. The summed E-state index contributed by atoms with van der Waals surface area (Å²) in [6.07, 6.45) is 3.54. The Morgan fingerprint density at radius 2 is 2.06 bits per heavy atom. The van der Waals surface area contributed by atoms with Gasteiger partial charge in [0.2, 0.25) is 5.91 Å². The number of carboxylic acids is 1. The number of hydrogen-bond acceptors (Lipinski definition) is 3. The van der Waals surface area contributed by atoms with Crippen LogP contribution in [0.4, 0.5) is 0 Å². The molecule has 0 spiro atoms. The van der Waals surface area contributed by atoms with Crippen molar-refractivity contribution in [3.63, 3.8) is 0 Å². The number of carbonyl (C=O) groups excluding carboxylic acids is 1. The molecule has 0 atom stereocenters. The van der Waals surface area contributed by atoms with E-state index in [1.165, 1.54) is 0 Å². The lowest BCUT2D eigenvalue weighted by molar-refractivity contribution is -0.154. The molecule has 0 heterocycles. The van der Waals surface area contributed by atoms with Gasteiger partial charge in [-0.3, -0.25) is 9.59 Å². The topological polar surface area (TPSA) is 78.4 Å². The second-order valence-electron chi connectivity index (χ2n) is 4.42. The Morgan fingerprint density at radius 3 is 2.50 bits per heavy atom. The predicted molar refractivity (Wildman–Crippen MR) is 60.1 cm³/mol. The van der Waals surface area contributed by atoms with E-state index in [4.69, 9.17) is 5.11 Å². The minimum Gasteiger partial charge on any atom is -0.481 e. The van der Waals surface area contributed by atoms with E-state index in [1.807, 2.05) is 7.05 Å². The van der Waals surface area contributed by atoms with Gasteiger partial charge in [0.1, 0.15) is 0 Å². The van der Waals surface area contributed by atoms with Crippen molar-refractivity contribution >= 4 is 11.9 Å². The van der Waals surface area contributed by atoms with Crippen LogP contribution in [-0.2, 0) is 9.59 Å².